The fourth-order valence-corrected chi connectivity index (χ4v) is 1.67. The number of aromatic nitrogens is 2. The van der Waals surface area contributed by atoms with Crippen LogP contribution < -0.4 is 0 Å². The van der Waals surface area contributed by atoms with E-state index in [2.05, 4.69) is 5.10 Å². The Morgan fingerprint density at radius 3 is 2.38 bits per heavy atom. The van der Waals surface area contributed by atoms with Crippen molar-refractivity contribution in [2.75, 3.05) is 0 Å². The molecule has 0 amide bonds. The molecule has 16 heavy (non-hydrogen) atoms. The number of rotatable bonds is 2. The zero-order valence-electron chi connectivity index (χ0n) is 8.46. The Hall–Kier alpha value is -1.69. The lowest BCUT2D eigenvalue weighted by Crippen LogP contribution is -1.94. The van der Waals surface area contributed by atoms with Gasteiger partial charge in [-0.1, -0.05) is 17.7 Å². The van der Waals surface area contributed by atoms with Gasteiger partial charge in [0.25, 0.3) is 0 Å². The van der Waals surface area contributed by atoms with Crippen LogP contribution in [0.5, 0.6) is 0 Å². The smallest absolute Gasteiger partial charge is 0.240 e. The van der Waals surface area contributed by atoms with Crippen LogP contribution in [0.1, 0.15) is 5.56 Å². The molecule has 1 heterocycles. The molecule has 0 atom stereocenters. The SMILES string of the molecule is Cc1ccc(-n2cc(S(=O)(=O)F)cn2)cc1. The van der Waals surface area contributed by atoms with Gasteiger partial charge in [0.05, 0.1) is 18.1 Å². The van der Waals surface area contributed by atoms with Crippen LogP contribution in [0.2, 0.25) is 0 Å². The maximum atomic E-state index is 12.6. The van der Waals surface area contributed by atoms with Crippen molar-refractivity contribution >= 4 is 10.2 Å². The quantitative estimate of drug-likeness (QED) is 0.752. The summed E-state index contributed by atoms with van der Waals surface area (Å²) in [4.78, 5) is -0.437. The summed E-state index contributed by atoms with van der Waals surface area (Å²) in [5.41, 5.74) is 1.76. The van der Waals surface area contributed by atoms with Gasteiger partial charge in [-0.3, -0.25) is 0 Å². The summed E-state index contributed by atoms with van der Waals surface area (Å²) in [6.07, 6.45) is 2.12. The van der Waals surface area contributed by atoms with Crippen molar-refractivity contribution in [1.82, 2.24) is 9.78 Å². The molecule has 0 fully saturated rings. The molecule has 0 aliphatic rings. The molecule has 84 valence electrons. The maximum absolute atomic E-state index is 12.6. The van der Waals surface area contributed by atoms with Crippen LogP contribution in [0.4, 0.5) is 3.89 Å². The molecule has 0 bridgehead atoms. The van der Waals surface area contributed by atoms with Crippen molar-refractivity contribution in [2.45, 2.75) is 11.8 Å². The molecule has 6 heteroatoms. The van der Waals surface area contributed by atoms with Gasteiger partial charge < -0.3 is 0 Å². The molecule has 0 aliphatic heterocycles. The first-order valence-electron chi connectivity index (χ1n) is 4.53. The minimum Gasteiger partial charge on any atom is -0.240 e. The number of halogens is 1. The van der Waals surface area contributed by atoms with Gasteiger partial charge in [-0.05, 0) is 19.1 Å². The minimum absolute atomic E-state index is 0.437. The lowest BCUT2D eigenvalue weighted by Gasteiger charge is -2.00. The first-order chi connectivity index (χ1) is 7.47. The van der Waals surface area contributed by atoms with E-state index in [1.165, 1.54) is 4.68 Å². The van der Waals surface area contributed by atoms with Gasteiger partial charge in [-0.2, -0.15) is 13.5 Å². The van der Waals surface area contributed by atoms with Crippen LogP contribution in [-0.4, -0.2) is 18.2 Å². The summed E-state index contributed by atoms with van der Waals surface area (Å²) in [5, 5.41) is 3.78. The van der Waals surface area contributed by atoms with Crippen molar-refractivity contribution in [2.24, 2.45) is 0 Å². The zero-order valence-corrected chi connectivity index (χ0v) is 9.28. The van der Waals surface area contributed by atoms with Crippen LogP contribution in [0.15, 0.2) is 41.6 Å². The highest BCUT2D eigenvalue weighted by molar-refractivity contribution is 7.86. The largest absolute Gasteiger partial charge is 0.335 e. The van der Waals surface area contributed by atoms with Crippen molar-refractivity contribution in [3.8, 4) is 5.69 Å². The topological polar surface area (TPSA) is 52.0 Å². The summed E-state index contributed by atoms with van der Waals surface area (Å²) >= 11 is 0. The standard InChI is InChI=1S/C10H9FN2O2S/c1-8-2-4-9(5-3-8)13-7-10(6-12-13)16(11,14)15/h2-7H,1H3. The molecule has 0 saturated heterocycles. The van der Waals surface area contributed by atoms with Gasteiger partial charge in [-0.25, -0.2) is 4.68 Å². The van der Waals surface area contributed by atoms with Gasteiger partial charge in [0.15, 0.2) is 0 Å². The van der Waals surface area contributed by atoms with Crippen LogP contribution in [-0.2, 0) is 10.2 Å². The molecule has 0 saturated carbocycles. The van der Waals surface area contributed by atoms with Gasteiger partial charge in [0.1, 0.15) is 4.90 Å². The van der Waals surface area contributed by atoms with E-state index >= 15 is 0 Å². The summed E-state index contributed by atoms with van der Waals surface area (Å²) in [5.74, 6) is 0. The highest BCUT2D eigenvalue weighted by Gasteiger charge is 2.14. The number of hydrogen-bond acceptors (Lipinski definition) is 3. The molecule has 0 radical (unpaired) electrons. The third kappa shape index (κ3) is 2.11. The van der Waals surface area contributed by atoms with Gasteiger partial charge in [0.2, 0.25) is 0 Å². The number of benzene rings is 1. The summed E-state index contributed by atoms with van der Waals surface area (Å²) in [6.45, 7) is 1.93. The monoisotopic (exact) mass is 240 g/mol. The number of aryl methyl sites for hydroxylation is 1. The molecule has 2 rings (SSSR count). The van der Waals surface area contributed by atoms with Crippen LogP contribution >= 0.6 is 0 Å². The first kappa shape index (κ1) is 10.8. The molecular formula is C10H9FN2O2S. The fourth-order valence-electron chi connectivity index (χ4n) is 1.27. The van der Waals surface area contributed by atoms with E-state index in [-0.39, 0.29) is 0 Å². The Morgan fingerprint density at radius 2 is 1.88 bits per heavy atom. The average Bonchev–Trinajstić information content (AvgIpc) is 2.67. The van der Waals surface area contributed by atoms with Crippen molar-refractivity contribution in [1.29, 1.82) is 0 Å². The Bertz CT molecular complexity index is 602. The van der Waals surface area contributed by atoms with E-state index in [4.69, 9.17) is 0 Å². The minimum atomic E-state index is -4.68. The predicted octanol–water partition coefficient (Wildman–Crippen LogP) is 1.84. The first-order valence-corrected chi connectivity index (χ1v) is 5.91. The van der Waals surface area contributed by atoms with Crippen molar-refractivity contribution in [3.63, 3.8) is 0 Å². The van der Waals surface area contributed by atoms with Gasteiger partial charge >= 0.3 is 10.2 Å². The second-order valence-electron chi connectivity index (χ2n) is 3.39. The molecule has 0 unspecified atom stereocenters. The average molecular weight is 240 g/mol. The van der Waals surface area contributed by atoms with Crippen LogP contribution in [0.3, 0.4) is 0 Å². The molecule has 2 aromatic rings. The lowest BCUT2D eigenvalue weighted by atomic mass is 10.2. The van der Waals surface area contributed by atoms with E-state index in [0.29, 0.717) is 5.69 Å². The van der Waals surface area contributed by atoms with Crippen molar-refractivity contribution in [3.05, 3.63) is 42.2 Å². The van der Waals surface area contributed by atoms with E-state index < -0.39 is 15.1 Å². The van der Waals surface area contributed by atoms with E-state index in [1.54, 1.807) is 12.1 Å². The third-order valence-corrected chi connectivity index (χ3v) is 2.91. The Morgan fingerprint density at radius 1 is 1.25 bits per heavy atom. The molecular weight excluding hydrogens is 231 g/mol. The molecule has 0 spiro atoms. The molecule has 0 N–H and O–H groups in total. The summed E-state index contributed by atoms with van der Waals surface area (Å²) in [7, 11) is -4.68. The molecule has 1 aromatic carbocycles. The van der Waals surface area contributed by atoms with Gasteiger partial charge in [0, 0.05) is 0 Å². The Labute approximate surface area is 92.5 Å². The zero-order chi connectivity index (χ0) is 11.8. The number of nitrogens with zero attached hydrogens (tertiary/aromatic N) is 2. The number of hydrogen-bond donors (Lipinski definition) is 0. The Balaban J connectivity index is 2.43. The highest BCUT2D eigenvalue weighted by atomic mass is 32.3. The highest BCUT2D eigenvalue weighted by Crippen LogP contribution is 2.14. The molecule has 4 nitrogen and oxygen atoms in total. The summed E-state index contributed by atoms with van der Waals surface area (Å²) < 4.78 is 35.2. The van der Waals surface area contributed by atoms with E-state index in [9.17, 15) is 12.3 Å². The molecule has 0 aliphatic carbocycles. The normalized spacial score (nSPS) is 11.6. The second-order valence-corrected chi connectivity index (χ2v) is 4.74. The predicted molar refractivity (Wildman–Crippen MR) is 56.6 cm³/mol. The van der Waals surface area contributed by atoms with E-state index in [0.717, 1.165) is 18.0 Å². The Kier molecular flexibility index (Phi) is 2.51. The lowest BCUT2D eigenvalue weighted by molar-refractivity contribution is 0.552. The van der Waals surface area contributed by atoms with Gasteiger partial charge in [-0.15, -0.1) is 3.89 Å². The van der Waals surface area contributed by atoms with Crippen LogP contribution in [0, 0.1) is 6.92 Å². The molecule has 1 aromatic heterocycles. The van der Waals surface area contributed by atoms with Crippen molar-refractivity contribution < 1.29 is 12.3 Å². The summed E-state index contributed by atoms with van der Waals surface area (Å²) in [6, 6.07) is 7.27. The van der Waals surface area contributed by atoms with E-state index in [1.807, 2.05) is 19.1 Å². The van der Waals surface area contributed by atoms with Crippen LogP contribution in [0.25, 0.3) is 5.69 Å². The maximum Gasteiger partial charge on any atom is 0.335 e. The second kappa shape index (κ2) is 3.71. The third-order valence-electron chi connectivity index (χ3n) is 2.14. The fraction of sp³-hybridized carbons (Fsp3) is 0.100.